The number of carbonyl (C=O) groups is 4. The number of benzene rings is 1. The number of aromatic nitrogens is 2. The maximum Gasteiger partial charge on any atom is 0.323 e. The van der Waals surface area contributed by atoms with Gasteiger partial charge in [0.05, 0.1) is 15.2 Å². The Morgan fingerprint density at radius 3 is 2.09 bits per heavy atom. The van der Waals surface area contributed by atoms with Crippen LogP contribution in [0.15, 0.2) is 49.9 Å². The van der Waals surface area contributed by atoms with Crippen molar-refractivity contribution in [2.75, 3.05) is 18.0 Å². The zero-order valence-electron chi connectivity index (χ0n) is 22.4. The number of hydrogen-bond acceptors (Lipinski definition) is 12. The molecule has 2 aromatic heterocycles. The molecule has 2 aliphatic rings. The second kappa shape index (κ2) is 12.6. The van der Waals surface area contributed by atoms with E-state index in [4.69, 9.17) is 17.3 Å². The number of hydrogen-bond donors (Lipinski definition) is 3. The summed E-state index contributed by atoms with van der Waals surface area (Å²) in [6, 6.07) is 7.79. The summed E-state index contributed by atoms with van der Waals surface area (Å²) in [4.78, 5) is 78.6. The van der Waals surface area contributed by atoms with Crippen molar-refractivity contribution in [3.05, 3.63) is 74.5 Å². The van der Waals surface area contributed by atoms with Gasteiger partial charge in [0.1, 0.15) is 42.7 Å². The number of rotatable bonds is 8. The smallest absolute Gasteiger partial charge is 0.323 e. The van der Waals surface area contributed by atoms with Crippen molar-refractivity contribution in [3.63, 3.8) is 0 Å². The molecular weight excluding hydrogens is 673 g/mol. The molecule has 0 aliphatic carbocycles. The molecule has 44 heavy (non-hydrogen) atoms. The van der Waals surface area contributed by atoms with Gasteiger partial charge in [-0.15, -0.1) is 22.7 Å². The van der Waals surface area contributed by atoms with Crippen LogP contribution in [0.2, 0.25) is 0 Å². The number of anilines is 1. The van der Waals surface area contributed by atoms with Gasteiger partial charge < -0.3 is 20.2 Å². The zero-order valence-corrected chi connectivity index (χ0v) is 26.5. The number of fused-ring (bicyclic) bond motifs is 1. The number of thioether (sulfide) groups is 2. The largest absolute Gasteiger partial charge is 0.480 e. The Morgan fingerprint density at radius 2 is 1.45 bits per heavy atom. The Bertz CT molecular complexity index is 2140. The summed E-state index contributed by atoms with van der Waals surface area (Å²) in [6.07, 6.45) is 3.28. The first-order chi connectivity index (χ1) is 20.9. The van der Waals surface area contributed by atoms with Crippen molar-refractivity contribution in [2.24, 2.45) is 0 Å². The number of thiazole rings is 2. The van der Waals surface area contributed by atoms with Gasteiger partial charge in [0.15, 0.2) is 0 Å². The molecule has 18 heteroatoms. The molecule has 0 saturated carbocycles. The fourth-order valence-corrected chi connectivity index (χ4v) is 9.28. The van der Waals surface area contributed by atoms with Crippen LogP contribution in [-0.2, 0) is 32.3 Å². The van der Waals surface area contributed by atoms with Crippen molar-refractivity contribution >= 4 is 103 Å². The molecule has 1 amide bonds. The highest BCUT2D eigenvalue weighted by Gasteiger charge is 2.35. The monoisotopic (exact) mass is 692 g/mol. The number of aliphatic carboxylic acids is 3. The van der Waals surface area contributed by atoms with Crippen LogP contribution in [0.25, 0.3) is 11.0 Å². The van der Waals surface area contributed by atoms with Gasteiger partial charge in [-0.1, -0.05) is 47.9 Å². The quantitative estimate of drug-likeness (QED) is 0.284. The Hall–Kier alpha value is -3.97. The highest BCUT2D eigenvalue weighted by molar-refractivity contribution is 8.30. The molecule has 13 nitrogen and oxygen atoms in total. The standard InChI is InChI=1S/C26H20N4O9S5/c1-2-27-12-5-3-4-6-13(12)41-15(27)8-7-14-21(37)28(9-16(31)32)24(42-14)19-22(38)29(10-17(33)34)25(43-19)20-23(39)30(11-18(35)36)26(40)44-20/h3-8H,2,9-11H2,1H3,(H,31,32)(H,33,34)(H,35,36)/b14-7?,15-8?,24-19-,25-20-. The minimum atomic E-state index is -1.40. The van der Waals surface area contributed by atoms with Gasteiger partial charge in [0.2, 0.25) is 0 Å². The minimum Gasteiger partial charge on any atom is -0.480 e. The molecule has 1 fully saturated rings. The van der Waals surface area contributed by atoms with Crippen molar-refractivity contribution in [1.29, 1.82) is 0 Å². The highest BCUT2D eigenvalue weighted by Crippen LogP contribution is 2.45. The summed E-state index contributed by atoms with van der Waals surface area (Å²) in [5.41, 5.74) is -0.516. The number of allylic oxidation sites excluding steroid dienone is 1. The Labute approximate surface area is 268 Å². The fraction of sp³-hybridized carbons (Fsp3) is 0.192. The van der Waals surface area contributed by atoms with Crippen molar-refractivity contribution in [3.8, 4) is 0 Å². The first kappa shape index (κ1) is 31.5. The zero-order chi connectivity index (χ0) is 31.9. The summed E-state index contributed by atoms with van der Waals surface area (Å²) < 4.78 is 1.50. The Balaban J connectivity index is 1.78. The lowest BCUT2D eigenvalue weighted by Gasteiger charge is -2.17. The molecule has 0 bridgehead atoms. The Morgan fingerprint density at radius 1 is 0.818 bits per heavy atom. The van der Waals surface area contributed by atoms with Crippen LogP contribution in [0.3, 0.4) is 0 Å². The molecule has 0 atom stereocenters. The summed E-state index contributed by atoms with van der Waals surface area (Å²) in [6.45, 7) is 0.286. The van der Waals surface area contributed by atoms with E-state index >= 15 is 0 Å². The third-order valence-electron chi connectivity index (χ3n) is 6.24. The van der Waals surface area contributed by atoms with E-state index in [9.17, 15) is 39.0 Å². The number of carboxylic acid groups (broad SMARTS) is 3. The summed E-state index contributed by atoms with van der Waals surface area (Å²) in [5.74, 6) is -4.89. The molecular formula is C26H20N4O9S5. The van der Waals surface area contributed by atoms with Crippen LogP contribution in [0.4, 0.5) is 5.69 Å². The molecule has 0 radical (unpaired) electrons. The summed E-state index contributed by atoms with van der Waals surface area (Å²) >= 11 is 8.92. The van der Waals surface area contributed by atoms with Gasteiger partial charge in [0.25, 0.3) is 17.0 Å². The van der Waals surface area contributed by atoms with Gasteiger partial charge >= 0.3 is 17.9 Å². The average molecular weight is 693 g/mol. The van der Waals surface area contributed by atoms with Crippen LogP contribution >= 0.6 is 58.4 Å². The summed E-state index contributed by atoms with van der Waals surface area (Å²) in [7, 11) is 0. The van der Waals surface area contributed by atoms with Crippen LogP contribution in [-0.4, -0.2) is 70.6 Å². The van der Waals surface area contributed by atoms with Crippen LogP contribution in [0.1, 0.15) is 6.92 Å². The SMILES string of the molecule is CCN1C(=CC=c2s/c(=c3\s/c(=C4\SC(=S)N(CC(=O)O)C4=O)n(CC(=O)O)c3=O)n(CC(=O)O)c2=O)Sc2ccccc21. The number of para-hydroxylation sites is 1. The number of thiocarbonyl (C=S) groups is 1. The van der Waals surface area contributed by atoms with Gasteiger partial charge in [0, 0.05) is 11.4 Å². The van der Waals surface area contributed by atoms with E-state index in [2.05, 4.69) is 4.90 Å². The van der Waals surface area contributed by atoms with Crippen molar-refractivity contribution in [2.45, 2.75) is 24.9 Å². The Kier molecular flexibility index (Phi) is 8.98. The molecule has 3 N–H and O–H groups in total. The third-order valence-corrected chi connectivity index (χ3v) is 11.4. The second-order valence-electron chi connectivity index (χ2n) is 9.05. The van der Waals surface area contributed by atoms with Crippen LogP contribution < -0.4 is 25.2 Å². The number of nitrogens with zero attached hydrogens (tertiary/aromatic N) is 4. The van der Waals surface area contributed by atoms with Gasteiger partial charge in [-0.2, -0.15) is 0 Å². The number of amides is 1. The predicted molar refractivity (Wildman–Crippen MR) is 170 cm³/mol. The van der Waals surface area contributed by atoms with E-state index < -0.39 is 54.6 Å². The van der Waals surface area contributed by atoms with Crippen LogP contribution in [0.5, 0.6) is 0 Å². The van der Waals surface area contributed by atoms with E-state index in [0.717, 1.165) is 41.0 Å². The molecule has 3 aromatic rings. The third kappa shape index (κ3) is 5.90. The van der Waals surface area contributed by atoms with Gasteiger partial charge in [-0.25, -0.2) is 0 Å². The summed E-state index contributed by atoms with van der Waals surface area (Å²) in [5, 5.41) is 29.1. The van der Waals surface area contributed by atoms with Crippen LogP contribution in [0, 0.1) is 9.20 Å². The number of carboxylic acids is 3. The van der Waals surface area contributed by atoms with Crippen molar-refractivity contribution < 1.29 is 34.5 Å². The normalized spacial score (nSPS) is 18.0. The van der Waals surface area contributed by atoms with Crippen molar-refractivity contribution in [1.82, 2.24) is 14.0 Å². The fourth-order valence-electron chi connectivity index (χ4n) is 4.42. The molecule has 4 heterocycles. The average Bonchev–Trinajstić information content (AvgIpc) is 3.65. The topological polar surface area (TPSA) is 179 Å². The van der Waals surface area contributed by atoms with E-state index in [1.54, 1.807) is 12.2 Å². The lowest BCUT2D eigenvalue weighted by Crippen LogP contribution is -2.35. The predicted octanol–water partition coefficient (Wildman–Crippen LogP) is 0.896. The lowest BCUT2D eigenvalue weighted by atomic mass is 10.3. The van der Waals surface area contributed by atoms with E-state index in [0.29, 0.717) is 29.6 Å². The number of carbonyl (C=O) groups excluding carboxylic acids is 1. The maximum atomic E-state index is 13.6. The molecule has 2 aliphatic heterocycles. The molecule has 1 saturated heterocycles. The molecule has 0 unspecified atom stereocenters. The van der Waals surface area contributed by atoms with E-state index in [1.807, 2.05) is 31.2 Å². The lowest BCUT2D eigenvalue weighted by molar-refractivity contribution is -0.140. The molecule has 228 valence electrons. The molecule has 1 aromatic carbocycles. The minimum absolute atomic E-state index is 0.0295. The van der Waals surface area contributed by atoms with Gasteiger partial charge in [-0.05, 0) is 31.2 Å². The van der Waals surface area contributed by atoms with E-state index in [-0.39, 0.29) is 27.6 Å². The second-order valence-corrected chi connectivity index (χ2v) is 13.8. The first-order valence-corrected chi connectivity index (χ1v) is 16.2. The molecule has 5 rings (SSSR count). The highest BCUT2D eigenvalue weighted by atomic mass is 32.2. The molecule has 0 spiro atoms. The van der Waals surface area contributed by atoms with Gasteiger partial charge in [-0.3, -0.25) is 42.8 Å². The van der Waals surface area contributed by atoms with E-state index in [1.165, 1.54) is 11.8 Å². The maximum absolute atomic E-state index is 13.6. The first-order valence-electron chi connectivity index (χ1n) is 12.5.